The van der Waals surface area contributed by atoms with E-state index in [1.807, 2.05) is 18.2 Å². The zero-order valence-corrected chi connectivity index (χ0v) is 13.7. The minimum atomic E-state index is -0.326. The van der Waals surface area contributed by atoms with Gasteiger partial charge >= 0.3 is 0 Å². The summed E-state index contributed by atoms with van der Waals surface area (Å²) in [6.07, 6.45) is 1.55. The van der Waals surface area contributed by atoms with Crippen LogP contribution in [0.5, 0.6) is 11.5 Å². The Morgan fingerprint density at radius 1 is 1.12 bits per heavy atom. The van der Waals surface area contributed by atoms with Gasteiger partial charge in [-0.05, 0) is 35.4 Å². The monoisotopic (exact) mass is 354 g/mol. The molecule has 0 radical (unpaired) electrons. The zero-order chi connectivity index (χ0) is 17.9. The second-order valence-electron chi connectivity index (χ2n) is 5.80. The number of carbonyl (C=O) groups is 1. The second-order valence-corrected chi connectivity index (χ2v) is 5.80. The summed E-state index contributed by atoms with van der Waals surface area (Å²) >= 11 is 0. The van der Waals surface area contributed by atoms with Gasteiger partial charge in [0.05, 0.1) is 12.7 Å². The normalized spacial score (nSPS) is 12.2. The molecule has 4 rings (SSSR count). The smallest absolute Gasteiger partial charge is 0.273 e. The van der Waals surface area contributed by atoms with Gasteiger partial charge in [0.1, 0.15) is 5.82 Å². The summed E-state index contributed by atoms with van der Waals surface area (Å²) in [6, 6.07) is 11.6. The lowest BCUT2D eigenvalue weighted by Crippen LogP contribution is -2.23. The maximum absolute atomic E-state index is 12.9. The Morgan fingerprint density at radius 3 is 2.73 bits per heavy atom. The molecule has 0 unspecified atom stereocenters. The van der Waals surface area contributed by atoms with E-state index >= 15 is 0 Å². The highest BCUT2D eigenvalue weighted by Gasteiger charge is 2.15. The summed E-state index contributed by atoms with van der Waals surface area (Å²) in [4.78, 5) is 12.2. The van der Waals surface area contributed by atoms with Crippen molar-refractivity contribution in [1.82, 2.24) is 20.3 Å². The van der Waals surface area contributed by atoms with Crippen LogP contribution in [0, 0.1) is 5.82 Å². The summed E-state index contributed by atoms with van der Waals surface area (Å²) in [5.41, 5.74) is 1.97. The Morgan fingerprint density at radius 2 is 1.88 bits per heavy atom. The lowest BCUT2D eigenvalue weighted by Gasteiger charge is -2.04. The summed E-state index contributed by atoms with van der Waals surface area (Å²) in [5, 5.41) is 10.6. The molecule has 1 aliphatic heterocycles. The standard InChI is InChI=1S/C18H15FN4O3/c19-14-4-1-12(2-5-14)9-23-10-15(21-22-23)18(24)20-8-13-3-6-16-17(7-13)26-11-25-16/h1-7,10H,8-9,11H2,(H,20,24). The molecular formula is C18H15FN4O3. The number of nitrogens with zero attached hydrogens (tertiary/aromatic N) is 3. The first-order valence-electron chi connectivity index (χ1n) is 7.99. The minimum absolute atomic E-state index is 0.211. The number of halogens is 1. The molecule has 2 aromatic carbocycles. The van der Waals surface area contributed by atoms with Gasteiger partial charge in [0.15, 0.2) is 17.2 Å². The van der Waals surface area contributed by atoms with Crippen molar-refractivity contribution in [2.75, 3.05) is 6.79 Å². The number of carbonyl (C=O) groups excluding carboxylic acids is 1. The fourth-order valence-electron chi connectivity index (χ4n) is 2.58. The lowest BCUT2D eigenvalue weighted by molar-refractivity contribution is 0.0945. The number of benzene rings is 2. The maximum atomic E-state index is 12.9. The average Bonchev–Trinajstić information content (AvgIpc) is 3.30. The molecule has 1 aromatic heterocycles. The molecule has 0 spiro atoms. The SMILES string of the molecule is O=C(NCc1ccc2c(c1)OCO2)c1cn(Cc2ccc(F)cc2)nn1. The van der Waals surface area contributed by atoms with Crippen LogP contribution in [0.2, 0.25) is 0 Å². The first-order chi connectivity index (χ1) is 12.7. The third kappa shape index (κ3) is 3.49. The highest BCUT2D eigenvalue weighted by Crippen LogP contribution is 2.32. The second kappa shape index (κ2) is 6.83. The lowest BCUT2D eigenvalue weighted by atomic mass is 10.2. The number of hydrogen-bond donors (Lipinski definition) is 1. The van der Waals surface area contributed by atoms with Gasteiger partial charge < -0.3 is 14.8 Å². The quantitative estimate of drug-likeness (QED) is 0.759. The Balaban J connectivity index is 1.36. The van der Waals surface area contributed by atoms with Crippen molar-refractivity contribution in [3.05, 3.63) is 71.3 Å². The van der Waals surface area contributed by atoms with Crippen molar-refractivity contribution in [3.8, 4) is 11.5 Å². The summed E-state index contributed by atoms with van der Waals surface area (Å²) in [7, 11) is 0. The number of hydrogen-bond acceptors (Lipinski definition) is 5. The highest BCUT2D eigenvalue weighted by molar-refractivity contribution is 5.91. The van der Waals surface area contributed by atoms with E-state index in [1.54, 1.807) is 18.3 Å². The van der Waals surface area contributed by atoms with Crippen molar-refractivity contribution < 1.29 is 18.7 Å². The Bertz CT molecular complexity index is 940. The van der Waals surface area contributed by atoms with Crippen molar-refractivity contribution in [3.63, 3.8) is 0 Å². The first kappa shape index (κ1) is 16.1. The van der Waals surface area contributed by atoms with Crippen molar-refractivity contribution >= 4 is 5.91 Å². The highest BCUT2D eigenvalue weighted by atomic mass is 19.1. The number of amides is 1. The topological polar surface area (TPSA) is 78.3 Å². The Labute approximate surface area is 148 Å². The van der Waals surface area contributed by atoms with Gasteiger partial charge in [-0.15, -0.1) is 5.10 Å². The van der Waals surface area contributed by atoms with Crippen LogP contribution >= 0.6 is 0 Å². The number of rotatable bonds is 5. The molecular weight excluding hydrogens is 339 g/mol. The Kier molecular flexibility index (Phi) is 4.22. The fraction of sp³-hybridized carbons (Fsp3) is 0.167. The molecule has 3 aromatic rings. The van der Waals surface area contributed by atoms with Gasteiger partial charge in [0, 0.05) is 6.54 Å². The van der Waals surface area contributed by atoms with E-state index in [-0.39, 0.29) is 24.2 Å². The molecule has 7 nitrogen and oxygen atoms in total. The predicted octanol–water partition coefficient (Wildman–Crippen LogP) is 2.12. The zero-order valence-electron chi connectivity index (χ0n) is 13.7. The third-order valence-electron chi connectivity index (χ3n) is 3.92. The summed E-state index contributed by atoms with van der Waals surface area (Å²) < 4.78 is 25.0. The minimum Gasteiger partial charge on any atom is -0.454 e. The molecule has 8 heteroatoms. The molecule has 132 valence electrons. The van der Waals surface area contributed by atoms with Crippen LogP contribution in [0.4, 0.5) is 4.39 Å². The molecule has 0 aliphatic carbocycles. The summed E-state index contributed by atoms with van der Waals surface area (Å²) in [5.74, 6) is 0.745. The van der Waals surface area contributed by atoms with E-state index < -0.39 is 0 Å². The molecule has 0 atom stereocenters. The van der Waals surface area contributed by atoms with Gasteiger partial charge in [0.25, 0.3) is 5.91 Å². The van der Waals surface area contributed by atoms with Gasteiger partial charge in [-0.3, -0.25) is 4.79 Å². The van der Waals surface area contributed by atoms with Crippen LogP contribution in [0.15, 0.2) is 48.7 Å². The van der Waals surface area contributed by atoms with E-state index in [9.17, 15) is 9.18 Å². The molecule has 0 bridgehead atoms. The fourth-order valence-corrected chi connectivity index (χ4v) is 2.58. The molecule has 0 fully saturated rings. The average molecular weight is 354 g/mol. The predicted molar refractivity (Wildman–Crippen MR) is 89.3 cm³/mol. The van der Waals surface area contributed by atoms with Gasteiger partial charge in [-0.2, -0.15) is 0 Å². The number of nitrogens with one attached hydrogen (secondary N) is 1. The van der Waals surface area contributed by atoms with Crippen LogP contribution in [-0.2, 0) is 13.1 Å². The third-order valence-corrected chi connectivity index (χ3v) is 3.92. The van der Waals surface area contributed by atoms with Crippen molar-refractivity contribution in [1.29, 1.82) is 0 Å². The van der Waals surface area contributed by atoms with E-state index in [2.05, 4.69) is 15.6 Å². The van der Waals surface area contributed by atoms with E-state index in [4.69, 9.17) is 9.47 Å². The molecule has 0 saturated heterocycles. The van der Waals surface area contributed by atoms with E-state index in [0.29, 0.717) is 24.6 Å². The Hall–Kier alpha value is -3.42. The van der Waals surface area contributed by atoms with Crippen LogP contribution < -0.4 is 14.8 Å². The van der Waals surface area contributed by atoms with E-state index in [0.717, 1.165) is 11.1 Å². The molecule has 0 saturated carbocycles. The van der Waals surface area contributed by atoms with Crippen LogP contribution in [0.1, 0.15) is 21.6 Å². The molecule has 1 aliphatic rings. The number of aromatic nitrogens is 3. The van der Waals surface area contributed by atoms with Crippen LogP contribution in [0.3, 0.4) is 0 Å². The van der Waals surface area contributed by atoms with E-state index in [1.165, 1.54) is 16.8 Å². The maximum Gasteiger partial charge on any atom is 0.273 e. The first-order valence-corrected chi connectivity index (χ1v) is 7.99. The van der Waals surface area contributed by atoms with Gasteiger partial charge in [-0.25, -0.2) is 9.07 Å². The van der Waals surface area contributed by atoms with Crippen molar-refractivity contribution in [2.45, 2.75) is 13.1 Å². The van der Waals surface area contributed by atoms with Gasteiger partial charge in [-0.1, -0.05) is 23.4 Å². The molecule has 2 heterocycles. The molecule has 26 heavy (non-hydrogen) atoms. The van der Waals surface area contributed by atoms with Crippen LogP contribution in [0.25, 0.3) is 0 Å². The largest absolute Gasteiger partial charge is 0.454 e. The van der Waals surface area contributed by atoms with Crippen molar-refractivity contribution in [2.24, 2.45) is 0 Å². The molecule has 1 N–H and O–H groups in total. The van der Waals surface area contributed by atoms with Gasteiger partial charge in [0.2, 0.25) is 6.79 Å². The van der Waals surface area contributed by atoms with Crippen LogP contribution in [-0.4, -0.2) is 27.7 Å². The molecule has 1 amide bonds. The number of fused-ring (bicyclic) bond motifs is 1. The number of ether oxygens (including phenoxy) is 2. The summed E-state index contributed by atoms with van der Waals surface area (Å²) in [6.45, 7) is 0.950.